The molecule has 1 aromatic carbocycles. The number of carbonyl (C=O) groups is 2. The van der Waals surface area contributed by atoms with Crippen LogP contribution in [0.2, 0.25) is 0 Å². The number of amides is 2. The average molecular weight is 293 g/mol. The van der Waals surface area contributed by atoms with Crippen LogP contribution < -0.4 is 10.6 Å². The summed E-state index contributed by atoms with van der Waals surface area (Å²) >= 11 is 10.6. The Morgan fingerprint density at radius 3 is 2.50 bits per heavy atom. The monoisotopic (exact) mass is 292 g/mol. The fourth-order valence-electron chi connectivity index (χ4n) is 1.17. The molecule has 0 heterocycles. The van der Waals surface area contributed by atoms with Crippen molar-refractivity contribution in [2.75, 3.05) is 13.1 Å². The summed E-state index contributed by atoms with van der Waals surface area (Å²) in [6.07, 6.45) is 0. The lowest BCUT2D eigenvalue weighted by atomic mass is 10.2. The van der Waals surface area contributed by atoms with Gasteiger partial charge < -0.3 is 10.6 Å². The third kappa shape index (κ3) is 4.89. The van der Waals surface area contributed by atoms with Gasteiger partial charge in [0.05, 0.1) is 0 Å². The van der Waals surface area contributed by atoms with Gasteiger partial charge in [0.15, 0.2) is 4.84 Å². The molecule has 0 aliphatic carbocycles. The molecule has 2 N–H and O–H groups in total. The number of rotatable bonds is 5. The predicted molar refractivity (Wildman–Crippen MR) is 67.2 cm³/mol. The molecule has 1 aromatic rings. The molecule has 98 valence electrons. The number of nitrogens with one attached hydrogen (secondary N) is 2. The highest BCUT2D eigenvalue weighted by Crippen LogP contribution is 2.03. The van der Waals surface area contributed by atoms with E-state index < -0.39 is 22.5 Å². The lowest BCUT2D eigenvalue weighted by Gasteiger charge is -2.07. The Labute approximate surface area is 113 Å². The lowest BCUT2D eigenvalue weighted by molar-refractivity contribution is -0.119. The Morgan fingerprint density at radius 2 is 1.89 bits per heavy atom. The first kappa shape index (κ1) is 14.7. The van der Waals surface area contributed by atoms with E-state index in [1.54, 1.807) is 0 Å². The predicted octanol–water partition coefficient (Wildman–Crippen LogP) is 1.48. The van der Waals surface area contributed by atoms with Crippen LogP contribution in [-0.2, 0) is 4.79 Å². The van der Waals surface area contributed by atoms with Crippen molar-refractivity contribution in [2.45, 2.75) is 4.84 Å². The topological polar surface area (TPSA) is 58.2 Å². The smallest absolute Gasteiger partial charge is 0.253 e. The Bertz CT molecular complexity index is 441. The second-order valence-corrected chi connectivity index (χ2v) is 4.45. The third-order valence-corrected chi connectivity index (χ3v) is 2.39. The normalized spacial score (nSPS) is 10.2. The second kappa shape index (κ2) is 7.18. The highest BCUT2D eigenvalue weighted by atomic mass is 35.5. The van der Waals surface area contributed by atoms with Gasteiger partial charge in [-0.15, -0.1) is 0 Å². The standard InChI is InChI=1S/C11H11Cl2FN2O2/c12-9(13)11(18)16-5-4-15-10(17)7-2-1-3-8(14)6-7/h1-3,6,9H,4-5H2,(H,15,17)(H,16,18). The maximum absolute atomic E-state index is 12.8. The Balaban J connectivity index is 2.32. The van der Waals surface area contributed by atoms with Gasteiger partial charge in [0.1, 0.15) is 5.82 Å². The number of hydrogen-bond acceptors (Lipinski definition) is 2. The SMILES string of the molecule is O=C(NCCNC(=O)C(Cl)Cl)c1cccc(F)c1. The summed E-state index contributed by atoms with van der Waals surface area (Å²) < 4.78 is 12.8. The Kier molecular flexibility index (Phi) is 5.88. The molecule has 0 aliphatic rings. The number of hydrogen-bond donors (Lipinski definition) is 2. The van der Waals surface area contributed by atoms with Gasteiger partial charge in [-0.1, -0.05) is 29.3 Å². The summed E-state index contributed by atoms with van der Waals surface area (Å²) in [7, 11) is 0. The van der Waals surface area contributed by atoms with Gasteiger partial charge in [0.25, 0.3) is 11.8 Å². The van der Waals surface area contributed by atoms with Crippen molar-refractivity contribution in [1.82, 2.24) is 10.6 Å². The van der Waals surface area contributed by atoms with Crippen molar-refractivity contribution in [1.29, 1.82) is 0 Å². The minimum Gasteiger partial charge on any atom is -0.352 e. The first-order valence-corrected chi connectivity index (χ1v) is 5.97. The fourth-order valence-corrected chi connectivity index (χ4v) is 1.32. The molecule has 7 heteroatoms. The first-order chi connectivity index (χ1) is 8.50. The second-order valence-electron chi connectivity index (χ2n) is 3.36. The maximum atomic E-state index is 12.8. The van der Waals surface area contributed by atoms with E-state index in [-0.39, 0.29) is 18.7 Å². The van der Waals surface area contributed by atoms with Crippen LogP contribution in [0.4, 0.5) is 4.39 Å². The zero-order valence-electron chi connectivity index (χ0n) is 9.25. The zero-order chi connectivity index (χ0) is 13.5. The van der Waals surface area contributed by atoms with Gasteiger partial charge in [0, 0.05) is 18.7 Å². The third-order valence-electron chi connectivity index (χ3n) is 1.99. The molecule has 2 amide bonds. The molecular formula is C11H11Cl2FN2O2. The van der Waals surface area contributed by atoms with Crippen molar-refractivity contribution < 1.29 is 14.0 Å². The van der Waals surface area contributed by atoms with Crippen LogP contribution in [0.1, 0.15) is 10.4 Å². The van der Waals surface area contributed by atoms with Crippen LogP contribution >= 0.6 is 23.2 Å². The summed E-state index contributed by atoms with van der Waals surface area (Å²) in [4.78, 5) is 21.4. The molecule has 0 radical (unpaired) electrons. The number of alkyl halides is 2. The van der Waals surface area contributed by atoms with Crippen LogP contribution in [0, 0.1) is 5.82 Å². The van der Waals surface area contributed by atoms with E-state index in [9.17, 15) is 14.0 Å². The van der Waals surface area contributed by atoms with Crippen LogP contribution in [0.15, 0.2) is 24.3 Å². The molecule has 0 aliphatic heterocycles. The molecule has 0 saturated carbocycles. The molecule has 4 nitrogen and oxygen atoms in total. The largest absolute Gasteiger partial charge is 0.352 e. The molecule has 0 atom stereocenters. The molecule has 0 unspecified atom stereocenters. The highest BCUT2D eigenvalue weighted by Gasteiger charge is 2.10. The van der Waals surface area contributed by atoms with E-state index >= 15 is 0 Å². The van der Waals surface area contributed by atoms with E-state index in [2.05, 4.69) is 10.6 Å². The highest BCUT2D eigenvalue weighted by molar-refractivity contribution is 6.53. The van der Waals surface area contributed by atoms with Crippen LogP contribution in [0.25, 0.3) is 0 Å². The van der Waals surface area contributed by atoms with Crippen molar-refractivity contribution >= 4 is 35.0 Å². The van der Waals surface area contributed by atoms with E-state index in [4.69, 9.17) is 23.2 Å². The molecule has 0 spiro atoms. The summed E-state index contributed by atoms with van der Waals surface area (Å²) in [6.45, 7) is 0.386. The van der Waals surface area contributed by atoms with Crippen LogP contribution in [0.3, 0.4) is 0 Å². The summed E-state index contributed by atoms with van der Waals surface area (Å²) in [6, 6.07) is 5.31. The van der Waals surface area contributed by atoms with Crippen molar-refractivity contribution in [3.63, 3.8) is 0 Å². The molecule has 0 bridgehead atoms. The molecule has 1 rings (SSSR count). The van der Waals surface area contributed by atoms with E-state index in [0.717, 1.165) is 6.07 Å². The maximum Gasteiger partial charge on any atom is 0.253 e. The zero-order valence-corrected chi connectivity index (χ0v) is 10.8. The summed E-state index contributed by atoms with van der Waals surface area (Å²) in [5.74, 6) is -1.43. The van der Waals surface area contributed by atoms with Gasteiger partial charge in [-0.2, -0.15) is 0 Å². The molecule has 0 fully saturated rings. The van der Waals surface area contributed by atoms with Gasteiger partial charge in [-0.05, 0) is 18.2 Å². The molecule has 0 saturated heterocycles. The molecular weight excluding hydrogens is 282 g/mol. The molecule has 0 aromatic heterocycles. The van der Waals surface area contributed by atoms with Crippen molar-refractivity contribution in [3.8, 4) is 0 Å². The minimum absolute atomic E-state index is 0.190. The first-order valence-electron chi connectivity index (χ1n) is 5.10. The van der Waals surface area contributed by atoms with Gasteiger partial charge >= 0.3 is 0 Å². The van der Waals surface area contributed by atoms with Crippen LogP contribution in [-0.4, -0.2) is 29.7 Å². The quantitative estimate of drug-likeness (QED) is 0.638. The Morgan fingerprint density at radius 1 is 1.22 bits per heavy atom. The lowest BCUT2D eigenvalue weighted by Crippen LogP contribution is -2.36. The minimum atomic E-state index is -1.14. The van der Waals surface area contributed by atoms with Crippen molar-refractivity contribution in [3.05, 3.63) is 35.6 Å². The Hall–Kier alpha value is -1.33. The van der Waals surface area contributed by atoms with Gasteiger partial charge in [-0.3, -0.25) is 9.59 Å². The van der Waals surface area contributed by atoms with Gasteiger partial charge in [-0.25, -0.2) is 4.39 Å². The van der Waals surface area contributed by atoms with E-state index in [0.29, 0.717) is 0 Å². The molecule has 18 heavy (non-hydrogen) atoms. The van der Waals surface area contributed by atoms with E-state index in [1.165, 1.54) is 18.2 Å². The number of benzene rings is 1. The number of carbonyl (C=O) groups excluding carboxylic acids is 2. The van der Waals surface area contributed by atoms with E-state index in [1.807, 2.05) is 0 Å². The number of halogens is 3. The summed E-state index contributed by atoms with van der Waals surface area (Å²) in [5.41, 5.74) is 0.217. The van der Waals surface area contributed by atoms with Crippen LogP contribution in [0.5, 0.6) is 0 Å². The van der Waals surface area contributed by atoms with Gasteiger partial charge in [0.2, 0.25) is 0 Å². The average Bonchev–Trinajstić information content (AvgIpc) is 2.33. The summed E-state index contributed by atoms with van der Waals surface area (Å²) in [5, 5.41) is 4.92. The van der Waals surface area contributed by atoms with Crippen molar-refractivity contribution in [2.24, 2.45) is 0 Å². The fraction of sp³-hybridized carbons (Fsp3) is 0.273.